The number of benzene rings is 1. The fourth-order valence-electron chi connectivity index (χ4n) is 4.55. The Morgan fingerprint density at radius 1 is 1.24 bits per heavy atom. The van der Waals surface area contributed by atoms with Gasteiger partial charge in [-0.05, 0) is 31.7 Å². The summed E-state index contributed by atoms with van der Waals surface area (Å²) in [5, 5.41) is 10.8. The van der Waals surface area contributed by atoms with Crippen molar-refractivity contribution in [2.45, 2.75) is 56.3 Å². The Balaban J connectivity index is 1.35. The number of amides is 1. The van der Waals surface area contributed by atoms with E-state index in [0.717, 1.165) is 53.1 Å². The highest BCUT2D eigenvalue weighted by molar-refractivity contribution is 7.99. The number of para-hydroxylation sites is 1. The van der Waals surface area contributed by atoms with Gasteiger partial charge in [-0.15, -0.1) is 10.2 Å². The van der Waals surface area contributed by atoms with Gasteiger partial charge in [-0.3, -0.25) is 9.36 Å². The molecule has 3 heterocycles. The smallest absolute Gasteiger partial charge is 0.233 e. The van der Waals surface area contributed by atoms with Crippen molar-refractivity contribution < 1.29 is 13.2 Å². The van der Waals surface area contributed by atoms with Gasteiger partial charge in [-0.1, -0.05) is 43.3 Å². The van der Waals surface area contributed by atoms with Crippen LogP contribution in [0, 0.1) is 0 Å². The molecular formula is C23H29N5O3S2. The van der Waals surface area contributed by atoms with Crippen molar-refractivity contribution in [3.8, 4) is 11.4 Å². The molecule has 1 unspecified atom stereocenters. The van der Waals surface area contributed by atoms with Gasteiger partial charge >= 0.3 is 0 Å². The number of hydrogen-bond donors (Lipinski definition) is 1. The van der Waals surface area contributed by atoms with E-state index in [0.29, 0.717) is 19.0 Å². The van der Waals surface area contributed by atoms with Crippen molar-refractivity contribution >= 4 is 38.4 Å². The standard InChI is InChI=1S/C23H29N5O3S2/c1-2-3-11-27(17-10-12-33(30,31)15-17)21(29)14-32-23-26-25-22(28(23)16-8-9-16)19-13-24-20-7-5-4-6-18(19)20/h4-7,13,16-17,24H,2-3,8-12,14-15H2,1H3. The lowest BCUT2D eigenvalue weighted by Crippen LogP contribution is -2.42. The molecule has 33 heavy (non-hydrogen) atoms. The minimum atomic E-state index is -3.05. The highest BCUT2D eigenvalue weighted by Crippen LogP contribution is 2.42. The van der Waals surface area contributed by atoms with Crippen LogP contribution in [-0.4, -0.2) is 68.8 Å². The molecule has 1 saturated carbocycles. The number of rotatable bonds is 9. The second-order valence-electron chi connectivity index (χ2n) is 8.94. The van der Waals surface area contributed by atoms with Crippen molar-refractivity contribution in [1.29, 1.82) is 0 Å². The topological polar surface area (TPSA) is 101 Å². The fraction of sp³-hybridized carbons (Fsp3) is 0.522. The predicted molar refractivity (Wildman–Crippen MR) is 130 cm³/mol. The minimum Gasteiger partial charge on any atom is -0.360 e. The summed E-state index contributed by atoms with van der Waals surface area (Å²) in [7, 11) is -3.05. The molecule has 10 heteroatoms. The number of aromatic nitrogens is 4. The van der Waals surface area contributed by atoms with Gasteiger partial charge in [0.2, 0.25) is 5.91 Å². The third-order valence-corrected chi connectivity index (χ3v) is 9.13. The van der Waals surface area contributed by atoms with Gasteiger partial charge in [0.05, 0.1) is 17.3 Å². The summed E-state index contributed by atoms with van der Waals surface area (Å²) in [6.45, 7) is 2.68. The van der Waals surface area contributed by atoms with Crippen LogP contribution in [0.4, 0.5) is 0 Å². The summed E-state index contributed by atoms with van der Waals surface area (Å²) in [6, 6.07) is 8.28. The lowest BCUT2D eigenvalue weighted by Gasteiger charge is -2.28. The predicted octanol–water partition coefficient (Wildman–Crippen LogP) is 3.67. The number of hydrogen-bond acceptors (Lipinski definition) is 6. The highest BCUT2D eigenvalue weighted by atomic mass is 32.2. The summed E-state index contributed by atoms with van der Waals surface area (Å²) in [6.07, 6.45) is 6.50. The molecule has 1 aromatic carbocycles. The molecule has 2 aliphatic rings. The minimum absolute atomic E-state index is 0.0189. The van der Waals surface area contributed by atoms with E-state index in [4.69, 9.17) is 0 Å². The normalized spacial score (nSPS) is 19.8. The molecule has 1 saturated heterocycles. The van der Waals surface area contributed by atoms with Crippen molar-refractivity contribution in [2.24, 2.45) is 0 Å². The summed E-state index contributed by atoms with van der Waals surface area (Å²) < 4.78 is 26.1. The molecular weight excluding hydrogens is 458 g/mol. The van der Waals surface area contributed by atoms with Crippen LogP contribution in [0.1, 0.15) is 45.1 Å². The maximum Gasteiger partial charge on any atom is 0.233 e. The Hall–Kier alpha value is -2.33. The molecule has 0 bridgehead atoms. The number of sulfone groups is 1. The van der Waals surface area contributed by atoms with E-state index < -0.39 is 9.84 Å². The van der Waals surface area contributed by atoms with Gasteiger partial charge in [0.1, 0.15) is 0 Å². The molecule has 2 fully saturated rings. The van der Waals surface area contributed by atoms with Gasteiger partial charge in [0.25, 0.3) is 0 Å². The zero-order valence-electron chi connectivity index (χ0n) is 18.7. The van der Waals surface area contributed by atoms with Crippen LogP contribution in [0.3, 0.4) is 0 Å². The quantitative estimate of drug-likeness (QED) is 0.462. The second-order valence-corrected chi connectivity index (χ2v) is 12.1. The maximum atomic E-state index is 13.2. The molecule has 3 aromatic rings. The molecule has 1 amide bonds. The Morgan fingerprint density at radius 3 is 2.79 bits per heavy atom. The molecule has 0 spiro atoms. The number of nitrogens with one attached hydrogen (secondary N) is 1. The first-order chi connectivity index (χ1) is 16.0. The van der Waals surface area contributed by atoms with Crippen LogP contribution < -0.4 is 0 Å². The molecule has 5 rings (SSSR count). The number of aromatic amines is 1. The van der Waals surface area contributed by atoms with E-state index >= 15 is 0 Å². The Labute approximate surface area is 198 Å². The zero-order chi connectivity index (χ0) is 23.0. The van der Waals surface area contributed by atoms with Gasteiger partial charge in [-0.25, -0.2) is 8.42 Å². The molecule has 8 nitrogen and oxygen atoms in total. The van der Waals surface area contributed by atoms with Crippen LogP contribution >= 0.6 is 11.8 Å². The molecule has 2 aromatic heterocycles. The molecule has 0 radical (unpaired) electrons. The monoisotopic (exact) mass is 487 g/mol. The Morgan fingerprint density at radius 2 is 2.06 bits per heavy atom. The van der Waals surface area contributed by atoms with Crippen LogP contribution in [0.2, 0.25) is 0 Å². The summed E-state index contributed by atoms with van der Waals surface area (Å²) in [5.74, 6) is 1.30. The first-order valence-electron chi connectivity index (χ1n) is 11.6. The van der Waals surface area contributed by atoms with Crippen molar-refractivity contribution in [3.63, 3.8) is 0 Å². The van der Waals surface area contributed by atoms with Gasteiger partial charge in [0, 0.05) is 41.3 Å². The summed E-state index contributed by atoms with van der Waals surface area (Å²) >= 11 is 1.41. The number of unbranched alkanes of at least 4 members (excludes halogenated alkanes) is 1. The molecule has 1 N–H and O–H groups in total. The first-order valence-corrected chi connectivity index (χ1v) is 14.4. The van der Waals surface area contributed by atoms with Crippen molar-refractivity contribution in [2.75, 3.05) is 23.8 Å². The average Bonchev–Trinajstić information content (AvgIpc) is 3.24. The molecule has 1 aliphatic heterocycles. The van der Waals surface area contributed by atoms with Crippen LogP contribution in [-0.2, 0) is 14.6 Å². The number of fused-ring (bicyclic) bond motifs is 1. The van der Waals surface area contributed by atoms with Crippen molar-refractivity contribution in [1.82, 2.24) is 24.6 Å². The lowest BCUT2D eigenvalue weighted by atomic mass is 10.1. The third kappa shape index (κ3) is 4.68. The number of H-pyrrole nitrogens is 1. The van der Waals surface area contributed by atoms with Gasteiger partial charge in [0.15, 0.2) is 20.8 Å². The largest absolute Gasteiger partial charge is 0.360 e. The van der Waals surface area contributed by atoms with E-state index in [1.165, 1.54) is 11.8 Å². The maximum absolute atomic E-state index is 13.2. The van der Waals surface area contributed by atoms with E-state index in [9.17, 15) is 13.2 Å². The van der Waals surface area contributed by atoms with Gasteiger partial charge in [-0.2, -0.15) is 0 Å². The number of carbonyl (C=O) groups is 1. The van der Waals surface area contributed by atoms with Gasteiger partial charge < -0.3 is 9.88 Å². The van der Waals surface area contributed by atoms with Crippen LogP contribution in [0.5, 0.6) is 0 Å². The van der Waals surface area contributed by atoms with Crippen LogP contribution in [0.15, 0.2) is 35.6 Å². The molecule has 1 aliphatic carbocycles. The van der Waals surface area contributed by atoms with Crippen molar-refractivity contribution in [3.05, 3.63) is 30.5 Å². The average molecular weight is 488 g/mol. The number of carbonyl (C=O) groups excluding carboxylic acids is 1. The fourth-order valence-corrected chi connectivity index (χ4v) is 7.17. The van der Waals surface area contributed by atoms with E-state index in [1.807, 2.05) is 24.4 Å². The van der Waals surface area contributed by atoms with Crippen LogP contribution in [0.25, 0.3) is 22.3 Å². The number of nitrogens with zero attached hydrogens (tertiary/aromatic N) is 4. The zero-order valence-corrected chi connectivity index (χ0v) is 20.4. The Bertz CT molecular complexity index is 1260. The highest BCUT2D eigenvalue weighted by Gasteiger charge is 2.35. The third-order valence-electron chi connectivity index (χ3n) is 6.45. The Kier molecular flexibility index (Phi) is 6.22. The van der Waals surface area contributed by atoms with E-state index in [1.54, 1.807) is 4.90 Å². The molecule has 176 valence electrons. The number of thioether (sulfide) groups is 1. The summed E-state index contributed by atoms with van der Waals surface area (Å²) in [5.41, 5.74) is 2.07. The summed E-state index contributed by atoms with van der Waals surface area (Å²) in [4.78, 5) is 18.3. The van der Waals surface area contributed by atoms with E-state index in [-0.39, 0.29) is 29.2 Å². The lowest BCUT2D eigenvalue weighted by molar-refractivity contribution is -0.130. The second kappa shape index (κ2) is 9.13. The SMILES string of the molecule is CCCCN(C(=O)CSc1nnc(-c2c[nH]c3ccccc23)n1C1CC1)C1CCS(=O)(=O)C1. The first kappa shape index (κ1) is 22.5. The molecule has 1 atom stereocenters. The van der Waals surface area contributed by atoms with E-state index in [2.05, 4.69) is 32.7 Å².